The first-order valence-corrected chi connectivity index (χ1v) is 12.0. The number of likely N-dealkylation sites (tertiary alicyclic amines) is 1. The van der Waals surface area contributed by atoms with Crippen LogP contribution in [0.2, 0.25) is 0 Å². The number of nitrogens with zero attached hydrogens (tertiary/aromatic N) is 3. The van der Waals surface area contributed by atoms with E-state index in [4.69, 9.17) is 5.10 Å². The number of sulfonamides is 1. The summed E-state index contributed by atoms with van der Waals surface area (Å²) in [6.45, 7) is 6.78. The van der Waals surface area contributed by atoms with E-state index in [-0.39, 0.29) is 11.8 Å². The maximum absolute atomic E-state index is 13.1. The van der Waals surface area contributed by atoms with E-state index in [0.717, 1.165) is 54.4 Å². The SMILES string of the molecule is C=CS(=O)(=O)NCC1CCN(C(=O)c2ccc3c(c2)c(C2CCNCC2)nn3C)C1. The van der Waals surface area contributed by atoms with Crippen LogP contribution in [0.15, 0.2) is 30.2 Å². The lowest BCUT2D eigenvalue weighted by atomic mass is 9.92. The molecule has 0 saturated carbocycles. The Morgan fingerprint density at radius 2 is 2.10 bits per heavy atom. The van der Waals surface area contributed by atoms with Gasteiger partial charge < -0.3 is 10.2 Å². The van der Waals surface area contributed by atoms with Gasteiger partial charge in [-0.3, -0.25) is 9.48 Å². The second-order valence-corrected chi connectivity index (χ2v) is 9.94. The number of aryl methyl sites for hydroxylation is 1. The normalized spacial score (nSPS) is 20.7. The molecule has 1 aromatic heterocycles. The number of rotatable bonds is 6. The maximum Gasteiger partial charge on any atom is 0.253 e. The van der Waals surface area contributed by atoms with Crippen molar-refractivity contribution in [1.29, 1.82) is 0 Å². The zero-order chi connectivity index (χ0) is 21.3. The fourth-order valence-electron chi connectivity index (χ4n) is 4.48. The first-order chi connectivity index (χ1) is 14.4. The van der Waals surface area contributed by atoms with Gasteiger partial charge in [-0.15, -0.1) is 0 Å². The zero-order valence-corrected chi connectivity index (χ0v) is 18.1. The Hall–Kier alpha value is -2.23. The summed E-state index contributed by atoms with van der Waals surface area (Å²) in [5.74, 6) is 0.511. The lowest BCUT2D eigenvalue weighted by Crippen LogP contribution is -2.32. The Balaban J connectivity index is 1.50. The number of piperidine rings is 1. The summed E-state index contributed by atoms with van der Waals surface area (Å²) in [4.78, 5) is 14.9. The van der Waals surface area contributed by atoms with Gasteiger partial charge in [0.1, 0.15) is 0 Å². The number of hydrogen-bond donors (Lipinski definition) is 2. The highest BCUT2D eigenvalue weighted by Crippen LogP contribution is 2.31. The van der Waals surface area contributed by atoms with E-state index in [1.54, 1.807) is 0 Å². The topological polar surface area (TPSA) is 96.3 Å². The van der Waals surface area contributed by atoms with Crippen LogP contribution in [0.4, 0.5) is 0 Å². The Morgan fingerprint density at radius 1 is 1.33 bits per heavy atom. The smallest absolute Gasteiger partial charge is 0.253 e. The maximum atomic E-state index is 13.1. The highest BCUT2D eigenvalue weighted by Gasteiger charge is 2.28. The van der Waals surface area contributed by atoms with E-state index in [0.29, 0.717) is 31.1 Å². The van der Waals surface area contributed by atoms with Gasteiger partial charge in [0.15, 0.2) is 0 Å². The van der Waals surface area contributed by atoms with Crippen LogP contribution >= 0.6 is 0 Å². The molecule has 30 heavy (non-hydrogen) atoms. The number of carbonyl (C=O) groups is 1. The minimum atomic E-state index is -3.44. The van der Waals surface area contributed by atoms with Crippen molar-refractivity contribution in [3.05, 3.63) is 41.4 Å². The number of nitrogens with one attached hydrogen (secondary N) is 2. The third kappa shape index (κ3) is 4.28. The monoisotopic (exact) mass is 431 g/mol. The van der Waals surface area contributed by atoms with Crippen LogP contribution in [-0.4, -0.2) is 61.7 Å². The van der Waals surface area contributed by atoms with Crippen LogP contribution in [0, 0.1) is 5.92 Å². The highest BCUT2D eigenvalue weighted by molar-refractivity contribution is 7.92. The molecule has 0 spiro atoms. The summed E-state index contributed by atoms with van der Waals surface area (Å²) in [6, 6.07) is 5.83. The molecule has 0 radical (unpaired) electrons. The average Bonchev–Trinajstić information content (AvgIpc) is 3.37. The van der Waals surface area contributed by atoms with Crippen LogP contribution in [0.5, 0.6) is 0 Å². The van der Waals surface area contributed by atoms with Crippen molar-refractivity contribution in [3.8, 4) is 0 Å². The van der Waals surface area contributed by atoms with Crippen molar-refractivity contribution >= 4 is 26.8 Å². The van der Waals surface area contributed by atoms with Gasteiger partial charge >= 0.3 is 0 Å². The zero-order valence-electron chi connectivity index (χ0n) is 17.3. The van der Waals surface area contributed by atoms with Crippen LogP contribution in [-0.2, 0) is 17.1 Å². The van der Waals surface area contributed by atoms with E-state index in [2.05, 4.69) is 16.6 Å². The summed E-state index contributed by atoms with van der Waals surface area (Å²) >= 11 is 0. The quantitative estimate of drug-likeness (QED) is 0.724. The average molecular weight is 432 g/mol. The van der Waals surface area contributed by atoms with Gasteiger partial charge in [0, 0.05) is 49.0 Å². The molecule has 1 unspecified atom stereocenters. The molecule has 2 N–H and O–H groups in total. The molecule has 8 nitrogen and oxygen atoms in total. The van der Waals surface area contributed by atoms with Crippen molar-refractivity contribution in [3.63, 3.8) is 0 Å². The molecular weight excluding hydrogens is 402 g/mol. The van der Waals surface area contributed by atoms with E-state index in [1.165, 1.54) is 0 Å². The molecule has 2 aliphatic heterocycles. The number of fused-ring (bicyclic) bond motifs is 1. The molecule has 0 aliphatic carbocycles. The van der Waals surface area contributed by atoms with E-state index in [9.17, 15) is 13.2 Å². The van der Waals surface area contributed by atoms with Gasteiger partial charge in [0.05, 0.1) is 11.2 Å². The van der Waals surface area contributed by atoms with Gasteiger partial charge in [-0.25, -0.2) is 13.1 Å². The molecule has 1 atom stereocenters. The van der Waals surface area contributed by atoms with Gasteiger partial charge in [0.2, 0.25) is 10.0 Å². The van der Waals surface area contributed by atoms with Crippen LogP contribution < -0.4 is 10.0 Å². The van der Waals surface area contributed by atoms with Crippen molar-refractivity contribution in [2.75, 3.05) is 32.7 Å². The summed E-state index contributed by atoms with van der Waals surface area (Å²) in [7, 11) is -1.49. The predicted molar refractivity (Wildman–Crippen MR) is 117 cm³/mol. The predicted octanol–water partition coefficient (Wildman–Crippen LogP) is 1.57. The fraction of sp³-hybridized carbons (Fsp3) is 0.524. The second-order valence-electron chi connectivity index (χ2n) is 8.23. The molecule has 1 aromatic carbocycles. The number of aromatic nitrogens is 2. The lowest BCUT2D eigenvalue weighted by Gasteiger charge is -2.21. The third-order valence-electron chi connectivity index (χ3n) is 6.22. The number of carbonyl (C=O) groups excluding carboxylic acids is 1. The molecule has 2 aromatic rings. The van der Waals surface area contributed by atoms with Crippen molar-refractivity contribution in [1.82, 2.24) is 24.7 Å². The largest absolute Gasteiger partial charge is 0.338 e. The van der Waals surface area contributed by atoms with Crippen molar-refractivity contribution in [2.45, 2.75) is 25.2 Å². The van der Waals surface area contributed by atoms with Gasteiger partial charge in [0.25, 0.3) is 5.91 Å². The molecule has 162 valence electrons. The molecule has 2 fully saturated rings. The van der Waals surface area contributed by atoms with Crippen molar-refractivity contribution in [2.24, 2.45) is 13.0 Å². The summed E-state index contributed by atoms with van der Waals surface area (Å²) in [5, 5.41) is 10.1. The summed E-state index contributed by atoms with van der Waals surface area (Å²) in [6.07, 6.45) is 2.89. The Morgan fingerprint density at radius 3 is 2.83 bits per heavy atom. The molecule has 0 bridgehead atoms. The third-order valence-corrected chi connectivity index (χ3v) is 7.23. The number of benzene rings is 1. The standard InChI is InChI=1S/C21H29N5O3S/c1-3-30(28,29)23-13-15-8-11-26(14-15)21(27)17-4-5-19-18(12-17)20(24-25(19)2)16-6-9-22-10-7-16/h3-5,12,15-16,22-23H,1,6-11,13-14H2,2H3. The van der Waals surface area contributed by atoms with Gasteiger partial charge in [-0.05, 0) is 56.5 Å². The summed E-state index contributed by atoms with van der Waals surface area (Å²) < 4.78 is 27.5. The molecule has 2 aliphatic rings. The van der Waals surface area contributed by atoms with Gasteiger partial charge in [-0.1, -0.05) is 6.58 Å². The van der Waals surface area contributed by atoms with Crippen LogP contribution in [0.3, 0.4) is 0 Å². The fourth-order valence-corrected chi connectivity index (χ4v) is 5.07. The second kappa shape index (κ2) is 8.49. The minimum absolute atomic E-state index is 0.00825. The van der Waals surface area contributed by atoms with Crippen molar-refractivity contribution < 1.29 is 13.2 Å². The Kier molecular flexibility index (Phi) is 5.95. The van der Waals surface area contributed by atoms with E-state index < -0.39 is 10.0 Å². The highest BCUT2D eigenvalue weighted by atomic mass is 32.2. The molecule has 9 heteroatoms. The first-order valence-electron chi connectivity index (χ1n) is 10.5. The first kappa shape index (κ1) is 21.0. The van der Waals surface area contributed by atoms with Crippen LogP contribution in [0.25, 0.3) is 10.9 Å². The Labute approximate surface area is 177 Å². The lowest BCUT2D eigenvalue weighted by molar-refractivity contribution is 0.0787. The Bertz CT molecular complexity index is 1060. The number of hydrogen-bond acceptors (Lipinski definition) is 5. The van der Waals surface area contributed by atoms with E-state index >= 15 is 0 Å². The van der Waals surface area contributed by atoms with E-state index in [1.807, 2.05) is 34.8 Å². The molecule has 2 saturated heterocycles. The molecular formula is C21H29N5O3S. The number of amides is 1. The molecule has 4 rings (SSSR count). The van der Waals surface area contributed by atoms with Gasteiger partial charge in [-0.2, -0.15) is 5.10 Å². The summed E-state index contributed by atoms with van der Waals surface area (Å²) in [5.41, 5.74) is 2.79. The molecule has 1 amide bonds. The van der Waals surface area contributed by atoms with Crippen LogP contribution in [0.1, 0.15) is 41.2 Å². The minimum Gasteiger partial charge on any atom is -0.338 e. The molecule has 3 heterocycles.